The molecule has 0 saturated carbocycles. The van der Waals surface area contributed by atoms with Crippen LogP contribution in [-0.2, 0) is 6.54 Å². The normalized spacial score (nSPS) is 24.5. The average molecular weight is 262 g/mol. The van der Waals surface area contributed by atoms with Crippen molar-refractivity contribution < 1.29 is 0 Å². The van der Waals surface area contributed by atoms with Gasteiger partial charge in [0.15, 0.2) is 0 Å². The summed E-state index contributed by atoms with van der Waals surface area (Å²) in [4.78, 5) is 12.3. The molecule has 1 aromatic carbocycles. The van der Waals surface area contributed by atoms with Gasteiger partial charge in [0, 0.05) is 6.54 Å². The third-order valence-corrected chi connectivity index (χ3v) is 5.00. The summed E-state index contributed by atoms with van der Waals surface area (Å²) in [5.74, 6) is 1.27. The monoisotopic (exact) mass is 262 g/mol. The molecule has 0 radical (unpaired) electrons. The number of benzene rings is 1. The summed E-state index contributed by atoms with van der Waals surface area (Å²) >= 11 is 1.60. The highest BCUT2D eigenvalue weighted by atomic mass is 32.1. The van der Waals surface area contributed by atoms with Gasteiger partial charge >= 0.3 is 0 Å². The molecule has 3 nitrogen and oxygen atoms in total. The van der Waals surface area contributed by atoms with Crippen LogP contribution in [0.3, 0.4) is 0 Å². The topological polar surface area (TPSA) is 34.0 Å². The zero-order valence-electron chi connectivity index (χ0n) is 10.6. The molecule has 1 saturated heterocycles. The van der Waals surface area contributed by atoms with Gasteiger partial charge in [-0.25, -0.2) is 0 Å². The van der Waals surface area contributed by atoms with Gasteiger partial charge < -0.3 is 5.32 Å². The Hall–Kier alpha value is -1.13. The summed E-state index contributed by atoms with van der Waals surface area (Å²) in [7, 11) is 0. The van der Waals surface area contributed by atoms with Crippen LogP contribution < -0.4 is 10.9 Å². The first kappa shape index (κ1) is 11.9. The van der Waals surface area contributed by atoms with Gasteiger partial charge in [-0.05, 0) is 43.5 Å². The predicted molar refractivity (Wildman–Crippen MR) is 76.2 cm³/mol. The van der Waals surface area contributed by atoms with Crippen molar-refractivity contribution in [1.29, 1.82) is 0 Å². The second-order valence-electron chi connectivity index (χ2n) is 5.18. The van der Waals surface area contributed by atoms with E-state index in [0.29, 0.717) is 11.8 Å². The fourth-order valence-electron chi connectivity index (χ4n) is 2.69. The van der Waals surface area contributed by atoms with Gasteiger partial charge in [0.2, 0.25) is 0 Å². The molecule has 1 fully saturated rings. The number of piperidine rings is 1. The molecule has 1 aliphatic rings. The second-order valence-corrected chi connectivity index (χ2v) is 6.25. The van der Waals surface area contributed by atoms with Crippen LogP contribution in [0.5, 0.6) is 0 Å². The standard InChI is InChI=1S/C14H18N2OS/c1-10-8-15-7-6-11(10)9-16-14(17)12-4-2-3-5-13(12)18-16/h2-5,10-11,15H,6-9H2,1H3. The molecule has 0 amide bonds. The molecular weight excluding hydrogens is 244 g/mol. The maximum Gasteiger partial charge on any atom is 0.268 e. The van der Waals surface area contributed by atoms with Crippen LogP contribution in [0.2, 0.25) is 0 Å². The first-order valence-electron chi connectivity index (χ1n) is 6.55. The minimum Gasteiger partial charge on any atom is -0.316 e. The molecule has 1 N–H and O–H groups in total. The second kappa shape index (κ2) is 4.86. The maximum atomic E-state index is 12.3. The zero-order valence-corrected chi connectivity index (χ0v) is 11.4. The summed E-state index contributed by atoms with van der Waals surface area (Å²) in [6.45, 7) is 5.30. The van der Waals surface area contributed by atoms with E-state index in [4.69, 9.17) is 0 Å². The fourth-order valence-corrected chi connectivity index (χ4v) is 3.77. The van der Waals surface area contributed by atoms with E-state index in [0.717, 1.165) is 29.7 Å². The van der Waals surface area contributed by atoms with E-state index in [1.807, 2.05) is 28.2 Å². The zero-order chi connectivity index (χ0) is 12.5. The van der Waals surface area contributed by atoms with E-state index in [-0.39, 0.29) is 5.56 Å². The number of fused-ring (bicyclic) bond motifs is 1. The van der Waals surface area contributed by atoms with Crippen LogP contribution in [0, 0.1) is 11.8 Å². The van der Waals surface area contributed by atoms with Crippen LogP contribution in [-0.4, -0.2) is 17.0 Å². The fraction of sp³-hybridized carbons (Fsp3) is 0.500. The van der Waals surface area contributed by atoms with Gasteiger partial charge in [0.05, 0.1) is 10.1 Å². The van der Waals surface area contributed by atoms with Gasteiger partial charge in [0.1, 0.15) is 0 Å². The Morgan fingerprint density at radius 3 is 3.06 bits per heavy atom. The molecule has 0 bridgehead atoms. The predicted octanol–water partition coefficient (Wildman–Crippen LogP) is 2.31. The van der Waals surface area contributed by atoms with Crippen molar-refractivity contribution >= 4 is 21.6 Å². The molecule has 3 rings (SSSR count). The number of nitrogens with one attached hydrogen (secondary N) is 1. The van der Waals surface area contributed by atoms with Gasteiger partial charge in [-0.2, -0.15) is 0 Å². The summed E-state index contributed by atoms with van der Waals surface area (Å²) in [5.41, 5.74) is 0.182. The Bertz CT molecular complexity index is 601. The smallest absolute Gasteiger partial charge is 0.268 e. The molecule has 2 unspecified atom stereocenters. The molecule has 1 aliphatic heterocycles. The first-order chi connectivity index (χ1) is 8.75. The molecule has 2 aromatic rings. The molecule has 2 atom stereocenters. The quantitative estimate of drug-likeness (QED) is 0.901. The van der Waals surface area contributed by atoms with E-state index < -0.39 is 0 Å². The van der Waals surface area contributed by atoms with Crippen molar-refractivity contribution in [2.75, 3.05) is 13.1 Å². The molecular formula is C14H18N2OS. The summed E-state index contributed by atoms with van der Waals surface area (Å²) in [6.07, 6.45) is 1.17. The third kappa shape index (κ3) is 2.10. The summed E-state index contributed by atoms with van der Waals surface area (Å²) in [5, 5.41) is 4.27. The summed E-state index contributed by atoms with van der Waals surface area (Å²) in [6, 6.07) is 7.89. The molecule has 1 aromatic heterocycles. The molecule has 0 aliphatic carbocycles. The molecule has 0 spiro atoms. The van der Waals surface area contributed by atoms with Crippen molar-refractivity contribution in [3.63, 3.8) is 0 Å². The third-order valence-electron chi connectivity index (χ3n) is 3.92. The van der Waals surface area contributed by atoms with E-state index >= 15 is 0 Å². The lowest BCUT2D eigenvalue weighted by Gasteiger charge is -2.29. The van der Waals surface area contributed by atoms with Crippen LogP contribution in [0.1, 0.15) is 13.3 Å². The highest BCUT2D eigenvalue weighted by Crippen LogP contribution is 2.23. The van der Waals surface area contributed by atoms with Crippen LogP contribution in [0.15, 0.2) is 29.1 Å². The Morgan fingerprint density at radius 2 is 2.28 bits per heavy atom. The van der Waals surface area contributed by atoms with Gasteiger partial charge in [-0.1, -0.05) is 30.6 Å². The van der Waals surface area contributed by atoms with Crippen LogP contribution >= 0.6 is 11.5 Å². The Labute approximate surface area is 111 Å². The average Bonchev–Trinajstić information content (AvgIpc) is 2.70. The van der Waals surface area contributed by atoms with E-state index in [2.05, 4.69) is 12.2 Å². The lowest BCUT2D eigenvalue weighted by molar-refractivity contribution is 0.248. The van der Waals surface area contributed by atoms with Crippen LogP contribution in [0.25, 0.3) is 10.1 Å². The molecule has 96 valence electrons. The Morgan fingerprint density at radius 1 is 1.44 bits per heavy atom. The van der Waals surface area contributed by atoms with Crippen molar-refractivity contribution in [3.8, 4) is 0 Å². The van der Waals surface area contributed by atoms with Crippen molar-refractivity contribution in [2.24, 2.45) is 11.8 Å². The molecule has 18 heavy (non-hydrogen) atoms. The number of rotatable bonds is 2. The summed E-state index contributed by atoms with van der Waals surface area (Å²) < 4.78 is 3.04. The minimum absolute atomic E-state index is 0.182. The highest BCUT2D eigenvalue weighted by Gasteiger charge is 2.22. The van der Waals surface area contributed by atoms with Crippen molar-refractivity contribution in [1.82, 2.24) is 9.27 Å². The maximum absolute atomic E-state index is 12.3. The number of nitrogens with zero attached hydrogens (tertiary/aromatic N) is 1. The number of hydrogen-bond acceptors (Lipinski definition) is 3. The van der Waals surface area contributed by atoms with E-state index in [9.17, 15) is 4.79 Å². The van der Waals surface area contributed by atoms with E-state index in [1.54, 1.807) is 11.5 Å². The molecule has 4 heteroatoms. The van der Waals surface area contributed by atoms with Crippen molar-refractivity contribution in [3.05, 3.63) is 34.6 Å². The largest absolute Gasteiger partial charge is 0.316 e. The van der Waals surface area contributed by atoms with Gasteiger partial charge in [-0.3, -0.25) is 8.75 Å². The highest BCUT2D eigenvalue weighted by molar-refractivity contribution is 7.13. The number of hydrogen-bond donors (Lipinski definition) is 1. The lowest BCUT2D eigenvalue weighted by Crippen LogP contribution is -2.37. The Balaban J connectivity index is 1.90. The van der Waals surface area contributed by atoms with Crippen molar-refractivity contribution in [2.45, 2.75) is 19.9 Å². The first-order valence-corrected chi connectivity index (χ1v) is 7.32. The number of aromatic nitrogens is 1. The van der Waals surface area contributed by atoms with Gasteiger partial charge in [-0.15, -0.1) is 0 Å². The van der Waals surface area contributed by atoms with Gasteiger partial charge in [0.25, 0.3) is 5.56 Å². The lowest BCUT2D eigenvalue weighted by atomic mass is 9.88. The molecule has 2 heterocycles. The van der Waals surface area contributed by atoms with Crippen LogP contribution in [0.4, 0.5) is 0 Å². The SMILES string of the molecule is CC1CNCCC1Cn1sc2ccccc2c1=O. The van der Waals surface area contributed by atoms with E-state index in [1.165, 1.54) is 6.42 Å². The Kier molecular flexibility index (Phi) is 3.22. The minimum atomic E-state index is 0.182.